The SMILES string of the molecule is O=C(OCc1cc(=O)n2cc(Br)ccc2n1)c1c2c(nc3ccccc13)CCC2. The van der Waals surface area contributed by atoms with Crippen molar-refractivity contribution in [3.05, 3.63) is 86.0 Å². The number of nitrogens with zero attached hydrogens (tertiary/aromatic N) is 3. The molecule has 29 heavy (non-hydrogen) atoms. The molecule has 7 heteroatoms. The maximum Gasteiger partial charge on any atom is 0.339 e. The highest BCUT2D eigenvalue weighted by Crippen LogP contribution is 2.30. The molecule has 0 spiro atoms. The summed E-state index contributed by atoms with van der Waals surface area (Å²) in [5.41, 5.74) is 4.03. The smallest absolute Gasteiger partial charge is 0.339 e. The average Bonchev–Trinajstić information content (AvgIpc) is 3.18. The van der Waals surface area contributed by atoms with Gasteiger partial charge in [-0.2, -0.15) is 0 Å². The van der Waals surface area contributed by atoms with Gasteiger partial charge in [0.2, 0.25) is 0 Å². The molecule has 0 atom stereocenters. The van der Waals surface area contributed by atoms with E-state index in [1.165, 1.54) is 10.5 Å². The van der Waals surface area contributed by atoms with Crippen LogP contribution in [0.2, 0.25) is 0 Å². The summed E-state index contributed by atoms with van der Waals surface area (Å²) in [5.74, 6) is -0.403. The number of para-hydroxylation sites is 1. The minimum Gasteiger partial charge on any atom is -0.456 e. The second-order valence-electron chi connectivity index (χ2n) is 7.02. The van der Waals surface area contributed by atoms with Gasteiger partial charge in [0.25, 0.3) is 5.56 Å². The third-order valence-electron chi connectivity index (χ3n) is 5.15. The van der Waals surface area contributed by atoms with Crippen molar-refractivity contribution in [3.63, 3.8) is 0 Å². The lowest BCUT2D eigenvalue weighted by atomic mass is 10.0. The van der Waals surface area contributed by atoms with Crippen molar-refractivity contribution in [2.75, 3.05) is 0 Å². The first-order chi connectivity index (χ1) is 14.1. The van der Waals surface area contributed by atoms with Crippen LogP contribution in [0.1, 0.15) is 33.7 Å². The van der Waals surface area contributed by atoms with E-state index in [-0.39, 0.29) is 12.2 Å². The van der Waals surface area contributed by atoms with Gasteiger partial charge in [-0.3, -0.25) is 14.2 Å². The van der Waals surface area contributed by atoms with Gasteiger partial charge in [-0.05, 0) is 59.0 Å². The fourth-order valence-electron chi connectivity index (χ4n) is 3.86. The molecule has 144 valence electrons. The third-order valence-corrected chi connectivity index (χ3v) is 5.62. The maximum absolute atomic E-state index is 13.0. The normalized spacial score (nSPS) is 13.0. The lowest BCUT2D eigenvalue weighted by Crippen LogP contribution is -2.17. The van der Waals surface area contributed by atoms with Crippen molar-refractivity contribution in [1.82, 2.24) is 14.4 Å². The first kappa shape index (κ1) is 18.0. The van der Waals surface area contributed by atoms with Gasteiger partial charge >= 0.3 is 5.97 Å². The largest absolute Gasteiger partial charge is 0.456 e. The summed E-state index contributed by atoms with van der Waals surface area (Å²) >= 11 is 3.34. The predicted octanol–water partition coefficient (Wildman–Crippen LogP) is 3.85. The third kappa shape index (κ3) is 3.21. The lowest BCUT2D eigenvalue weighted by Gasteiger charge is -2.12. The molecule has 0 fully saturated rings. The molecule has 0 unspecified atom stereocenters. The summed E-state index contributed by atoms with van der Waals surface area (Å²) in [6.07, 6.45) is 4.34. The van der Waals surface area contributed by atoms with Crippen molar-refractivity contribution in [2.45, 2.75) is 25.9 Å². The number of ether oxygens (including phenoxy) is 1. The average molecular weight is 450 g/mol. The Morgan fingerprint density at radius 2 is 2.00 bits per heavy atom. The number of benzene rings is 1. The van der Waals surface area contributed by atoms with Gasteiger partial charge in [0, 0.05) is 27.8 Å². The molecule has 6 nitrogen and oxygen atoms in total. The molecule has 0 saturated heterocycles. The Balaban J connectivity index is 1.48. The van der Waals surface area contributed by atoms with Gasteiger partial charge in [0.1, 0.15) is 12.3 Å². The van der Waals surface area contributed by atoms with E-state index in [0.717, 1.165) is 45.9 Å². The highest BCUT2D eigenvalue weighted by Gasteiger charge is 2.24. The van der Waals surface area contributed by atoms with E-state index in [1.54, 1.807) is 12.3 Å². The quantitative estimate of drug-likeness (QED) is 0.444. The van der Waals surface area contributed by atoms with E-state index in [4.69, 9.17) is 9.72 Å². The molecule has 1 aromatic carbocycles. The second kappa shape index (κ2) is 7.08. The van der Waals surface area contributed by atoms with Crippen molar-refractivity contribution in [1.29, 1.82) is 0 Å². The van der Waals surface area contributed by atoms with Gasteiger partial charge in [0.15, 0.2) is 0 Å². The molecule has 4 aromatic rings. The number of carbonyl (C=O) groups is 1. The first-order valence-corrected chi connectivity index (χ1v) is 10.1. The van der Waals surface area contributed by atoms with Crippen LogP contribution in [0.4, 0.5) is 0 Å². The molecule has 0 amide bonds. The van der Waals surface area contributed by atoms with Gasteiger partial charge in [-0.25, -0.2) is 9.78 Å². The van der Waals surface area contributed by atoms with E-state index in [2.05, 4.69) is 20.9 Å². The van der Waals surface area contributed by atoms with Crippen LogP contribution in [0, 0.1) is 0 Å². The molecular formula is C22H16BrN3O3. The number of hydrogen-bond acceptors (Lipinski definition) is 5. The summed E-state index contributed by atoms with van der Waals surface area (Å²) in [6, 6.07) is 12.6. The molecule has 3 heterocycles. The van der Waals surface area contributed by atoms with Crippen LogP contribution in [0.25, 0.3) is 16.6 Å². The monoisotopic (exact) mass is 449 g/mol. The zero-order chi connectivity index (χ0) is 20.0. The summed E-state index contributed by atoms with van der Waals surface area (Å²) < 4.78 is 7.82. The predicted molar refractivity (Wildman–Crippen MR) is 112 cm³/mol. The molecule has 5 rings (SSSR count). The Hall–Kier alpha value is -3.06. The minimum absolute atomic E-state index is 0.0634. The van der Waals surface area contributed by atoms with Crippen LogP contribution in [0.5, 0.6) is 0 Å². The standard InChI is InChI=1S/C22H16BrN3O3/c23-13-8-9-19-24-14(10-20(27)26(19)11-13)12-29-22(28)21-15-4-1-2-6-17(15)25-18-7-3-5-16(18)21/h1-2,4,6,8-11H,3,5,7,12H2. The molecular weight excluding hydrogens is 434 g/mol. The number of aryl methyl sites for hydroxylation is 1. The number of carbonyl (C=O) groups excluding carboxylic acids is 1. The molecule has 0 radical (unpaired) electrons. The van der Waals surface area contributed by atoms with Gasteiger partial charge in [-0.15, -0.1) is 0 Å². The van der Waals surface area contributed by atoms with Crippen molar-refractivity contribution < 1.29 is 9.53 Å². The Bertz CT molecular complexity index is 1350. The maximum atomic E-state index is 13.0. The van der Waals surface area contributed by atoms with E-state index in [0.29, 0.717) is 16.9 Å². The zero-order valence-corrected chi connectivity index (χ0v) is 17.0. The molecule has 0 saturated carbocycles. The van der Waals surface area contributed by atoms with E-state index >= 15 is 0 Å². The zero-order valence-electron chi connectivity index (χ0n) is 15.4. The van der Waals surface area contributed by atoms with Crippen LogP contribution in [-0.2, 0) is 24.2 Å². The number of halogens is 1. The summed E-state index contributed by atoms with van der Waals surface area (Å²) in [4.78, 5) is 34.5. The molecule has 3 aromatic heterocycles. The number of hydrogen-bond donors (Lipinski definition) is 0. The first-order valence-electron chi connectivity index (χ1n) is 9.35. The van der Waals surface area contributed by atoms with Crippen LogP contribution in [0.3, 0.4) is 0 Å². The fraction of sp³-hybridized carbons (Fsp3) is 0.182. The summed E-state index contributed by atoms with van der Waals surface area (Å²) in [7, 11) is 0. The molecule has 0 bridgehead atoms. The number of pyridine rings is 2. The molecule has 0 aliphatic heterocycles. The van der Waals surface area contributed by atoms with Gasteiger partial charge in [0.05, 0.1) is 16.8 Å². The molecule has 0 N–H and O–H groups in total. The number of fused-ring (bicyclic) bond motifs is 3. The Morgan fingerprint density at radius 3 is 2.90 bits per heavy atom. The number of rotatable bonds is 3. The highest BCUT2D eigenvalue weighted by atomic mass is 79.9. The van der Waals surface area contributed by atoms with Crippen molar-refractivity contribution in [2.24, 2.45) is 0 Å². The van der Waals surface area contributed by atoms with Crippen molar-refractivity contribution >= 4 is 38.4 Å². The van der Waals surface area contributed by atoms with Gasteiger partial charge < -0.3 is 4.74 Å². The second-order valence-corrected chi connectivity index (χ2v) is 7.94. The van der Waals surface area contributed by atoms with Gasteiger partial charge in [-0.1, -0.05) is 18.2 Å². The number of esters is 1. The fourth-order valence-corrected chi connectivity index (χ4v) is 4.19. The molecule has 1 aliphatic rings. The lowest BCUT2D eigenvalue weighted by molar-refractivity contribution is 0.0469. The summed E-state index contributed by atoms with van der Waals surface area (Å²) in [6.45, 7) is -0.0634. The number of aromatic nitrogens is 3. The Morgan fingerprint density at radius 1 is 1.14 bits per heavy atom. The highest BCUT2D eigenvalue weighted by molar-refractivity contribution is 9.10. The van der Waals surface area contributed by atoms with Crippen LogP contribution < -0.4 is 5.56 Å². The van der Waals surface area contributed by atoms with E-state index in [1.807, 2.05) is 30.3 Å². The van der Waals surface area contributed by atoms with Crippen LogP contribution >= 0.6 is 15.9 Å². The van der Waals surface area contributed by atoms with Crippen molar-refractivity contribution in [3.8, 4) is 0 Å². The topological polar surface area (TPSA) is 73.6 Å². The van der Waals surface area contributed by atoms with Crippen LogP contribution in [-0.4, -0.2) is 20.3 Å². The van der Waals surface area contributed by atoms with E-state index in [9.17, 15) is 9.59 Å². The Kier molecular flexibility index (Phi) is 4.39. The molecule has 1 aliphatic carbocycles. The van der Waals surface area contributed by atoms with E-state index < -0.39 is 5.97 Å². The minimum atomic E-state index is -0.403. The Labute approximate surface area is 174 Å². The summed E-state index contributed by atoms with van der Waals surface area (Å²) in [5, 5.41) is 0.801. The van der Waals surface area contributed by atoms with Crippen LogP contribution in [0.15, 0.2) is 57.9 Å².